The molecule has 0 fully saturated rings. The highest BCUT2D eigenvalue weighted by atomic mass is 16.3. The lowest BCUT2D eigenvalue weighted by molar-refractivity contribution is 0.669. The number of hydrogen-bond donors (Lipinski definition) is 0. The maximum absolute atomic E-state index is 6.54. The van der Waals surface area contributed by atoms with Crippen LogP contribution >= 0.6 is 0 Å². The summed E-state index contributed by atoms with van der Waals surface area (Å²) in [6, 6.07) is 87.2. The zero-order valence-corrected chi connectivity index (χ0v) is 34.4. The molecule has 0 atom stereocenters. The molecule has 0 spiro atoms. The third kappa shape index (κ3) is 6.21. The van der Waals surface area contributed by atoms with Crippen molar-refractivity contribution in [1.29, 1.82) is 0 Å². The van der Waals surface area contributed by atoms with Gasteiger partial charge in [0.1, 0.15) is 11.2 Å². The van der Waals surface area contributed by atoms with Crippen molar-refractivity contribution in [3.63, 3.8) is 0 Å². The Morgan fingerprint density at radius 1 is 0.333 bits per heavy atom. The van der Waals surface area contributed by atoms with Crippen molar-refractivity contribution >= 4 is 60.8 Å². The lowest BCUT2D eigenvalue weighted by atomic mass is 9.87. The first-order valence-electron chi connectivity index (χ1n) is 21.5. The van der Waals surface area contributed by atoms with E-state index in [0.717, 1.165) is 78.1 Å². The Morgan fingerprint density at radius 2 is 0.857 bits per heavy atom. The van der Waals surface area contributed by atoms with Crippen LogP contribution in [0.15, 0.2) is 247 Å². The summed E-state index contributed by atoms with van der Waals surface area (Å²) < 4.78 is 8.93. The highest BCUT2D eigenvalue weighted by Gasteiger charge is 2.25. The Labute approximate surface area is 366 Å². The van der Waals surface area contributed by atoms with Gasteiger partial charge in [-0.3, -0.25) is 0 Å². The molecule has 10 aromatic carbocycles. The molecular formula is C60H40N2O. The fourth-order valence-corrected chi connectivity index (χ4v) is 9.62. The Balaban J connectivity index is 1.08. The van der Waals surface area contributed by atoms with Crippen LogP contribution in [-0.4, -0.2) is 4.57 Å². The molecular weight excluding hydrogens is 765 g/mol. The van der Waals surface area contributed by atoms with Gasteiger partial charge in [-0.2, -0.15) is 0 Å². The Hall–Kier alpha value is -8.40. The molecule has 0 N–H and O–H groups in total. The van der Waals surface area contributed by atoms with E-state index < -0.39 is 0 Å². The smallest absolute Gasteiger partial charge is 0.137 e. The van der Waals surface area contributed by atoms with Crippen molar-refractivity contribution in [3.8, 4) is 50.2 Å². The number of benzene rings is 10. The lowest BCUT2D eigenvalue weighted by Gasteiger charge is -2.30. The highest BCUT2D eigenvalue weighted by Crippen LogP contribution is 2.50. The number of fused-ring (bicyclic) bond motifs is 6. The molecule has 0 bridgehead atoms. The summed E-state index contributed by atoms with van der Waals surface area (Å²) in [7, 11) is 0. The number of hydrogen-bond acceptors (Lipinski definition) is 2. The van der Waals surface area contributed by atoms with E-state index in [1.165, 1.54) is 32.9 Å². The van der Waals surface area contributed by atoms with Gasteiger partial charge in [-0.05, 0) is 99.6 Å². The van der Waals surface area contributed by atoms with Gasteiger partial charge in [0.05, 0.1) is 27.8 Å². The van der Waals surface area contributed by atoms with E-state index in [2.05, 4.69) is 246 Å². The predicted octanol–water partition coefficient (Wildman–Crippen LogP) is 16.8. The number of nitrogens with zero attached hydrogens (tertiary/aromatic N) is 2. The molecule has 12 aromatic rings. The van der Waals surface area contributed by atoms with E-state index in [9.17, 15) is 0 Å². The van der Waals surface area contributed by atoms with E-state index in [1.807, 2.05) is 6.07 Å². The van der Waals surface area contributed by atoms with Gasteiger partial charge in [0.2, 0.25) is 0 Å². The molecule has 0 saturated heterocycles. The summed E-state index contributed by atoms with van der Waals surface area (Å²) in [4.78, 5) is 2.44. The van der Waals surface area contributed by atoms with Crippen LogP contribution < -0.4 is 4.90 Å². The van der Waals surface area contributed by atoms with Gasteiger partial charge in [0.15, 0.2) is 0 Å². The maximum atomic E-state index is 6.54. The molecule has 12 rings (SSSR count). The van der Waals surface area contributed by atoms with Gasteiger partial charge in [0.25, 0.3) is 0 Å². The van der Waals surface area contributed by atoms with Gasteiger partial charge >= 0.3 is 0 Å². The molecule has 2 aromatic heterocycles. The number of rotatable bonds is 8. The van der Waals surface area contributed by atoms with Gasteiger partial charge in [-0.1, -0.05) is 182 Å². The molecule has 3 nitrogen and oxygen atoms in total. The van der Waals surface area contributed by atoms with Gasteiger partial charge in [0, 0.05) is 33.1 Å². The zero-order valence-electron chi connectivity index (χ0n) is 34.4. The van der Waals surface area contributed by atoms with Crippen LogP contribution in [0.4, 0.5) is 17.1 Å². The monoisotopic (exact) mass is 804 g/mol. The molecule has 0 unspecified atom stereocenters. The zero-order chi connectivity index (χ0) is 41.7. The quantitative estimate of drug-likeness (QED) is 0.153. The van der Waals surface area contributed by atoms with Gasteiger partial charge in [-0.25, -0.2) is 0 Å². The van der Waals surface area contributed by atoms with Crippen LogP contribution in [0.25, 0.3) is 93.9 Å². The minimum atomic E-state index is 0.850. The highest BCUT2D eigenvalue weighted by molar-refractivity contribution is 6.15. The third-order valence-electron chi connectivity index (χ3n) is 12.4. The minimum absolute atomic E-state index is 0.850. The van der Waals surface area contributed by atoms with Gasteiger partial charge in [-0.15, -0.1) is 0 Å². The standard InChI is InChI=1S/C60H40N2O/c1-3-18-42(19-4-1)47-24-7-8-27-51(47)59-48(43-20-5-2-6-21-43)29-16-32-55(59)61(56-33-17-35-58-60(56)52-28-11-14-34-57(52)63-58)45-38-36-41(37-39-45)44-22-15-23-46(40-44)62-53-30-12-9-25-49(53)50-26-10-13-31-54(50)62/h1-40H. The average Bonchev–Trinajstić information content (AvgIpc) is 3.91. The van der Waals surface area contributed by atoms with Crippen molar-refractivity contribution in [2.24, 2.45) is 0 Å². The second-order valence-corrected chi connectivity index (χ2v) is 16.0. The van der Waals surface area contributed by atoms with Crippen LogP contribution in [0.2, 0.25) is 0 Å². The van der Waals surface area contributed by atoms with E-state index >= 15 is 0 Å². The summed E-state index contributed by atoms with van der Waals surface area (Å²) >= 11 is 0. The first-order valence-corrected chi connectivity index (χ1v) is 21.5. The molecule has 3 heteroatoms. The van der Waals surface area contributed by atoms with Crippen molar-refractivity contribution in [3.05, 3.63) is 243 Å². The summed E-state index contributed by atoms with van der Waals surface area (Å²) in [5, 5.41) is 4.66. The number of furan rings is 1. The topological polar surface area (TPSA) is 21.3 Å². The molecule has 0 aliphatic carbocycles. The average molecular weight is 805 g/mol. The van der Waals surface area contributed by atoms with Crippen molar-refractivity contribution in [2.75, 3.05) is 4.90 Å². The minimum Gasteiger partial charge on any atom is -0.456 e. The summed E-state index contributed by atoms with van der Waals surface area (Å²) in [6.45, 7) is 0. The summed E-state index contributed by atoms with van der Waals surface area (Å²) in [6.07, 6.45) is 0. The number of anilines is 3. The van der Waals surface area contributed by atoms with Crippen LogP contribution in [-0.2, 0) is 0 Å². The second kappa shape index (κ2) is 15.3. The number of para-hydroxylation sites is 3. The second-order valence-electron chi connectivity index (χ2n) is 16.0. The van der Waals surface area contributed by atoms with Gasteiger partial charge < -0.3 is 13.9 Å². The fraction of sp³-hybridized carbons (Fsp3) is 0. The van der Waals surface area contributed by atoms with Crippen molar-refractivity contribution < 1.29 is 4.42 Å². The van der Waals surface area contributed by atoms with E-state index in [4.69, 9.17) is 4.42 Å². The molecule has 0 saturated carbocycles. The Bertz CT molecular complexity index is 3570. The largest absolute Gasteiger partial charge is 0.456 e. The Kier molecular flexibility index (Phi) is 8.83. The summed E-state index contributed by atoms with van der Waals surface area (Å²) in [5.41, 5.74) is 17.7. The summed E-state index contributed by atoms with van der Waals surface area (Å²) in [5.74, 6) is 0. The molecule has 0 aliphatic heterocycles. The lowest BCUT2D eigenvalue weighted by Crippen LogP contribution is -2.12. The molecule has 0 aliphatic rings. The van der Waals surface area contributed by atoms with Crippen LogP contribution in [0.3, 0.4) is 0 Å². The SMILES string of the molecule is c1ccc(-c2ccccc2-c2c(-c3ccccc3)cccc2N(c2ccc(-c3cccc(-n4c5ccccc5c5ccccc54)c3)cc2)c2cccc3oc4ccccc4c23)cc1. The van der Waals surface area contributed by atoms with E-state index in [0.29, 0.717) is 0 Å². The molecule has 2 heterocycles. The molecule has 0 amide bonds. The van der Waals surface area contributed by atoms with Crippen LogP contribution in [0, 0.1) is 0 Å². The van der Waals surface area contributed by atoms with Crippen molar-refractivity contribution in [2.45, 2.75) is 0 Å². The molecule has 63 heavy (non-hydrogen) atoms. The fourth-order valence-electron chi connectivity index (χ4n) is 9.62. The Morgan fingerprint density at radius 3 is 1.59 bits per heavy atom. The molecule has 0 radical (unpaired) electrons. The first-order chi connectivity index (χ1) is 31.3. The van der Waals surface area contributed by atoms with E-state index in [1.54, 1.807) is 0 Å². The van der Waals surface area contributed by atoms with Crippen LogP contribution in [0.5, 0.6) is 0 Å². The third-order valence-corrected chi connectivity index (χ3v) is 12.4. The molecule has 296 valence electrons. The number of aromatic nitrogens is 1. The van der Waals surface area contributed by atoms with Crippen LogP contribution in [0.1, 0.15) is 0 Å². The predicted molar refractivity (Wildman–Crippen MR) is 264 cm³/mol. The normalized spacial score (nSPS) is 11.5. The first kappa shape index (κ1) is 36.5. The van der Waals surface area contributed by atoms with Crippen molar-refractivity contribution in [1.82, 2.24) is 4.57 Å². The maximum Gasteiger partial charge on any atom is 0.137 e. The van der Waals surface area contributed by atoms with E-state index in [-0.39, 0.29) is 0 Å².